The summed E-state index contributed by atoms with van der Waals surface area (Å²) < 4.78 is 6.87. The molecule has 0 aliphatic carbocycles. The largest absolute Gasteiger partial charge is 0.493 e. The zero-order valence-corrected chi connectivity index (χ0v) is 14.2. The van der Waals surface area contributed by atoms with Gasteiger partial charge in [-0.25, -0.2) is 0 Å². The summed E-state index contributed by atoms with van der Waals surface area (Å²) in [6.07, 6.45) is 0.995. The van der Waals surface area contributed by atoms with Gasteiger partial charge in [0.1, 0.15) is 5.75 Å². The molecular weight excluding hydrogens is 350 g/mol. The Labute approximate surface area is 138 Å². The highest BCUT2D eigenvalue weighted by Gasteiger charge is 2.17. The Morgan fingerprint density at radius 2 is 2.05 bits per heavy atom. The third-order valence-corrected chi connectivity index (χ3v) is 4.50. The molecule has 2 aromatic rings. The summed E-state index contributed by atoms with van der Waals surface area (Å²) in [5, 5.41) is 4.32. The third kappa shape index (κ3) is 3.42. The van der Waals surface area contributed by atoms with Gasteiger partial charge in [0, 0.05) is 34.1 Å². The smallest absolute Gasteiger partial charge is 0.127 e. The molecule has 0 spiro atoms. The van der Waals surface area contributed by atoms with Crippen LogP contribution in [0, 0.1) is 0 Å². The number of nitrogens with one attached hydrogen (secondary N) is 1. The van der Waals surface area contributed by atoms with Crippen LogP contribution in [0.2, 0.25) is 5.02 Å². The summed E-state index contributed by atoms with van der Waals surface area (Å²) in [6, 6.07) is 12.5. The number of halogens is 2. The van der Waals surface area contributed by atoms with Gasteiger partial charge in [-0.05, 0) is 42.3 Å². The van der Waals surface area contributed by atoms with Crippen LogP contribution in [0.1, 0.15) is 29.7 Å². The Balaban J connectivity index is 1.72. The molecule has 4 heteroatoms. The van der Waals surface area contributed by atoms with Gasteiger partial charge in [-0.1, -0.05) is 39.7 Å². The molecule has 1 atom stereocenters. The van der Waals surface area contributed by atoms with Gasteiger partial charge in [-0.3, -0.25) is 0 Å². The quantitative estimate of drug-likeness (QED) is 0.832. The summed E-state index contributed by atoms with van der Waals surface area (Å²) in [4.78, 5) is 0. The Morgan fingerprint density at radius 1 is 1.29 bits per heavy atom. The third-order valence-electron chi connectivity index (χ3n) is 3.79. The molecule has 0 fully saturated rings. The number of benzene rings is 2. The highest BCUT2D eigenvalue weighted by molar-refractivity contribution is 9.10. The molecule has 1 aliphatic heterocycles. The van der Waals surface area contributed by atoms with E-state index in [1.54, 1.807) is 0 Å². The van der Waals surface area contributed by atoms with Crippen molar-refractivity contribution in [1.82, 2.24) is 5.32 Å². The van der Waals surface area contributed by atoms with E-state index in [4.69, 9.17) is 16.3 Å². The second-order valence-electron chi connectivity index (χ2n) is 5.31. The fourth-order valence-electron chi connectivity index (χ4n) is 2.61. The maximum Gasteiger partial charge on any atom is 0.127 e. The summed E-state index contributed by atoms with van der Waals surface area (Å²) in [7, 11) is 0. The lowest BCUT2D eigenvalue weighted by molar-refractivity contribution is 0.351. The molecule has 21 heavy (non-hydrogen) atoms. The van der Waals surface area contributed by atoms with E-state index >= 15 is 0 Å². The second-order valence-corrected chi connectivity index (χ2v) is 6.66. The van der Waals surface area contributed by atoms with Gasteiger partial charge in [-0.15, -0.1) is 0 Å². The number of rotatable bonds is 4. The van der Waals surface area contributed by atoms with Crippen molar-refractivity contribution >= 4 is 27.5 Å². The molecule has 2 aromatic carbocycles. The molecule has 0 unspecified atom stereocenters. The van der Waals surface area contributed by atoms with Crippen molar-refractivity contribution in [2.75, 3.05) is 6.61 Å². The monoisotopic (exact) mass is 365 g/mol. The van der Waals surface area contributed by atoms with Gasteiger partial charge in [0.15, 0.2) is 0 Å². The standard InChI is InChI=1S/C17H17BrClNO/c1-11(12-2-4-16(19)5-3-12)20-10-14-9-15(18)8-13-6-7-21-17(13)14/h2-5,8-9,11,20H,6-7,10H2,1H3/t11-/m1/s1. The predicted molar refractivity (Wildman–Crippen MR) is 90.0 cm³/mol. The van der Waals surface area contributed by atoms with Crippen LogP contribution in [0.4, 0.5) is 0 Å². The molecule has 1 heterocycles. The van der Waals surface area contributed by atoms with E-state index in [-0.39, 0.29) is 6.04 Å². The molecule has 3 rings (SSSR count). The molecule has 0 bridgehead atoms. The van der Waals surface area contributed by atoms with Crippen LogP contribution >= 0.6 is 27.5 Å². The molecule has 0 saturated heterocycles. The highest BCUT2D eigenvalue weighted by atomic mass is 79.9. The SMILES string of the molecule is C[C@@H](NCc1cc(Br)cc2c1OCC2)c1ccc(Cl)cc1. The first kappa shape index (κ1) is 14.9. The molecule has 0 aromatic heterocycles. The molecule has 0 saturated carbocycles. The van der Waals surface area contributed by atoms with Crippen LogP contribution < -0.4 is 10.1 Å². The lowest BCUT2D eigenvalue weighted by Crippen LogP contribution is -2.18. The van der Waals surface area contributed by atoms with E-state index in [0.717, 1.165) is 34.8 Å². The van der Waals surface area contributed by atoms with Crippen LogP contribution in [0.15, 0.2) is 40.9 Å². The van der Waals surface area contributed by atoms with Gasteiger partial charge in [-0.2, -0.15) is 0 Å². The number of hydrogen-bond acceptors (Lipinski definition) is 2. The van der Waals surface area contributed by atoms with Crippen LogP contribution in [0.25, 0.3) is 0 Å². The van der Waals surface area contributed by atoms with Gasteiger partial charge in [0.2, 0.25) is 0 Å². The molecule has 0 amide bonds. The zero-order valence-electron chi connectivity index (χ0n) is 11.8. The Kier molecular flexibility index (Phi) is 4.53. The van der Waals surface area contributed by atoms with Gasteiger partial charge in [0.05, 0.1) is 6.61 Å². The molecule has 110 valence electrons. The minimum atomic E-state index is 0.262. The Bertz CT molecular complexity index is 642. The molecule has 2 nitrogen and oxygen atoms in total. The minimum absolute atomic E-state index is 0.262. The first-order valence-corrected chi connectivity index (χ1v) is 8.23. The number of ether oxygens (including phenoxy) is 1. The van der Waals surface area contributed by atoms with E-state index in [1.807, 2.05) is 12.1 Å². The first-order chi connectivity index (χ1) is 10.1. The highest BCUT2D eigenvalue weighted by Crippen LogP contribution is 2.33. The summed E-state index contributed by atoms with van der Waals surface area (Å²) in [6.45, 7) is 3.72. The van der Waals surface area contributed by atoms with Gasteiger partial charge in [0.25, 0.3) is 0 Å². The second kappa shape index (κ2) is 6.39. The van der Waals surface area contributed by atoms with Crippen molar-refractivity contribution in [2.45, 2.75) is 25.9 Å². The summed E-state index contributed by atoms with van der Waals surface area (Å²) in [5.74, 6) is 1.05. The lowest BCUT2D eigenvalue weighted by atomic mass is 10.1. The molecular formula is C17H17BrClNO. The first-order valence-electron chi connectivity index (χ1n) is 7.06. The maximum absolute atomic E-state index is 5.93. The van der Waals surface area contributed by atoms with Crippen molar-refractivity contribution < 1.29 is 4.74 Å². The van der Waals surface area contributed by atoms with Crippen molar-refractivity contribution in [3.8, 4) is 5.75 Å². The summed E-state index contributed by atoms with van der Waals surface area (Å²) in [5.41, 5.74) is 3.73. The van der Waals surface area contributed by atoms with Crippen LogP contribution in [-0.4, -0.2) is 6.61 Å². The fraction of sp³-hybridized carbons (Fsp3) is 0.294. The van der Waals surface area contributed by atoms with Gasteiger partial charge >= 0.3 is 0 Å². The summed E-state index contributed by atoms with van der Waals surface area (Å²) >= 11 is 9.51. The van der Waals surface area contributed by atoms with Crippen LogP contribution in [0.5, 0.6) is 5.75 Å². The van der Waals surface area contributed by atoms with Crippen LogP contribution in [0.3, 0.4) is 0 Å². The average Bonchev–Trinajstić information content (AvgIpc) is 2.93. The Morgan fingerprint density at radius 3 is 2.81 bits per heavy atom. The minimum Gasteiger partial charge on any atom is -0.493 e. The van der Waals surface area contributed by atoms with Crippen molar-refractivity contribution in [3.05, 3.63) is 62.6 Å². The van der Waals surface area contributed by atoms with E-state index in [0.29, 0.717) is 0 Å². The average molecular weight is 367 g/mol. The van der Waals surface area contributed by atoms with Crippen molar-refractivity contribution in [2.24, 2.45) is 0 Å². The van der Waals surface area contributed by atoms with Crippen molar-refractivity contribution in [3.63, 3.8) is 0 Å². The van der Waals surface area contributed by atoms with Crippen molar-refractivity contribution in [1.29, 1.82) is 0 Å². The van der Waals surface area contributed by atoms with Crippen LogP contribution in [-0.2, 0) is 13.0 Å². The van der Waals surface area contributed by atoms with E-state index in [9.17, 15) is 0 Å². The molecule has 0 radical (unpaired) electrons. The van der Waals surface area contributed by atoms with E-state index in [2.05, 4.69) is 52.4 Å². The number of hydrogen-bond donors (Lipinski definition) is 1. The molecule has 1 N–H and O–H groups in total. The molecule has 1 aliphatic rings. The maximum atomic E-state index is 5.93. The van der Waals surface area contributed by atoms with Gasteiger partial charge < -0.3 is 10.1 Å². The normalized spacial score (nSPS) is 14.6. The lowest BCUT2D eigenvalue weighted by Gasteiger charge is -2.16. The zero-order chi connectivity index (χ0) is 14.8. The number of fused-ring (bicyclic) bond motifs is 1. The predicted octanol–water partition coefficient (Wildman–Crippen LogP) is 4.89. The topological polar surface area (TPSA) is 21.3 Å². The van der Waals surface area contributed by atoms with E-state index < -0.39 is 0 Å². The van der Waals surface area contributed by atoms with E-state index in [1.165, 1.54) is 16.7 Å². The Hall–Kier alpha value is -1.03. The fourth-order valence-corrected chi connectivity index (χ4v) is 3.29.